The minimum absolute atomic E-state index is 0.541. The van der Waals surface area contributed by atoms with Gasteiger partial charge in [0, 0.05) is 0 Å². The SMILES string of the molecule is C=CCC(=C)[C@H]1CC[C@H]2[C@@H]3CCC4CCCC[C@]4(C)[C@H]3CC[C@]12C. The zero-order valence-corrected chi connectivity index (χ0v) is 16.2. The summed E-state index contributed by atoms with van der Waals surface area (Å²) in [6, 6.07) is 0. The number of hydrogen-bond acceptors (Lipinski definition) is 0. The lowest BCUT2D eigenvalue weighted by Gasteiger charge is -2.60. The molecule has 0 aromatic rings. The standard InChI is InChI=1S/C24H38/c1-5-8-17(2)20-12-13-21-19-11-10-18-9-6-7-15-23(18,3)22(19)14-16-24(20,21)4/h5,18-22H,1-2,6-16H2,3-4H3/t18?,19-,20+,21-,22-,23-,24+/m0/s1. The number of hydrogen-bond donors (Lipinski definition) is 0. The Morgan fingerprint density at radius 2 is 1.71 bits per heavy atom. The van der Waals surface area contributed by atoms with Gasteiger partial charge in [-0.3, -0.25) is 0 Å². The van der Waals surface area contributed by atoms with Gasteiger partial charge in [0.15, 0.2) is 0 Å². The second-order valence-corrected chi connectivity index (χ2v) is 10.2. The van der Waals surface area contributed by atoms with Crippen molar-refractivity contribution in [3.8, 4) is 0 Å². The molecule has 0 bridgehead atoms. The van der Waals surface area contributed by atoms with Gasteiger partial charge >= 0.3 is 0 Å². The second-order valence-electron chi connectivity index (χ2n) is 10.2. The van der Waals surface area contributed by atoms with E-state index in [1.165, 1.54) is 69.8 Å². The molecule has 0 N–H and O–H groups in total. The van der Waals surface area contributed by atoms with Crippen LogP contribution in [0.4, 0.5) is 0 Å². The Hall–Kier alpha value is -0.520. The number of rotatable bonds is 3. The Morgan fingerprint density at radius 3 is 2.50 bits per heavy atom. The third kappa shape index (κ3) is 2.31. The zero-order chi connectivity index (χ0) is 16.9. The molecule has 4 saturated carbocycles. The maximum absolute atomic E-state index is 4.47. The topological polar surface area (TPSA) is 0 Å². The fourth-order valence-corrected chi connectivity index (χ4v) is 8.29. The van der Waals surface area contributed by atoms with E-state index in [2.05, 4.69) is 33.1 Å². The molecule has 0 saturated heterocycles. The van der Waals surface area contributed by atoms with Crippen LogP contribution in [0.3, 0.4) is 0 Å². The molecule has 4 aliphatic carbocycles. The van der Waals surface area contributed by atoms with Crippen molar-refractivity contribution in [3.63, 3.8) is 0 Å². The normalized spacial score (nSPS) is 50.5. The third-order valence-electron chi connectivity index (χ3n) is 9.48. The van der Waals surface area contributed by atoms with Crippen LogP contribution in [0, 0.1) is 40.4 Å². The average Bonchev–Trinajstić information content (AvgIpc) is 2.92. The van der Waals surface area contributed by atoms with Gasteiger partial charge in [-0.2, -0.15) is 0 Å². The predicted molar refractivity (Wildman–Crippen MR) is 104 cm³/mol. The van der Waals surface area contributed by atoms with E-state index in [0.29, 0.717) is 10.8 Å². The van der Waals surface area contributed by atoms with Crippen LogP contribution >= 0.6 is 0 Å². The van der Waals surface area contributed by atoms with Gasteiger partial charge < -0.3 is 0 Å². The van der Waals surface area contributed by atoms with Crippen molar-refractivity contribution in [2.75, 3.05) is 0 Å². The molecule has 4 rings (SSSR count). The molecule has 134 valence electrons. The van der Waals surface area contributed by atoms with E-state index in [-0.39, 0.29) is 0 Å². The molecule has 0 nitrogen and oxygen atoms in total. The molecule has 0 spiro atoms. The molecule has 24 heavy (non-hydrogen) atoms. The highest BCUT2D eigenvalue weighted by atomic mass is 14.6. The van der Waals surface area contributed by atoms with Gasteiger partial charge in [0.1, 0.15) is 0 Å². The maximum Gasteiger partial charge on any atom is -0.0141 e. The van der Waals surface area contributed by atoms with Crippen LogP contribution in [0.25, 0.3) is 0 Å². The molecule has 0 aliphatic heterocycles. The van der Waals surface area contributed by atoms with Crippen LogP contribution in [0.2, 0.25) is 0 Å². The van der Waals surface area contributed by atoms with E-state index in [1.54, 1.807) is 0 Å². The lowest BCUT2D eigenvalue weighted by molar-refractivity contribution is -0.108. The smallest absolute Gasteiger partial charge is 0.0141 e. The highest BCUT2D eigenvalue weighted by molar-refractivity contribution is 5.17. The minimum atomic E-state index is 0.541. The summed E-state index contributed by atoms with van der Waals surface area (Å²) in [6.45, 7) is 13.8. The summed E-state index contributed by atoms with van der Waals surface area (Å²) in [7, 11) is 0. The van der Waals surface area contributed by atoms with Crippen LogP contribution in [0.15, 0.2) is 24.8 Å². The van der Waals surface area contributed by atoms with Crippen LogP contribution in [-0.4, -0.2) is 0 Å². The number of allylic oxidation sites excluding steroid dienone is 2. The maximum atomic E-state index is 4.47. The average molecular weight is 327 g/mol. The van der Waals surface area contributed by atoms with E-state index in [1.807, 2.05) is 0 Å². The lowest BCUT2D eigenvalue weighted by atomic mass is 9.44. The van der Waals surface area contributed by atoms with Crippen molar-refractivity contribution in [2.24, 2.45) is 40.4 Å². The first kappa shape index (κ1) is 16.9. The van der Waals surface area contributed by atoms with Gasteiger partial charge in [-0.1, -0.05) is 44.9 Å². The minimum Gasteiger partial charge on any atom is -0.103 e. The highest BCUT2D eigenvalue weighted by Crippen LogP contribution is 2.68. The fourth-order valence-electron chi connectivity index (χ4n) is 8.29. The summed E-state index contributed by atoms with van der Waals surface area (Å²) >= 11 is 0. The van der Waals surface area contributed by atoms with Crippen LogP contribution in [-0.2, 0) is 0 Å². The molecule has 0 heteroatoms. The largest absolute Gasteiger partial charge is 0.103 e. The Bertz CT molecular complexity index is 516. The second kappa shape index (κ2) is 6.03. The first-order chi connectivity index (χ1) is 11.5. The molecule has 4 aliphatic rings. The van der Waals surface area contributed by atoms with Crippen molar-refractivity contribution in [2.45, 2.75) is 84.5 Å². The monoisotopic (exact) mass is 326 g/mol. The van der Waals surface area contributed by atoms with Crippen LogP contribution in [0.5, 0.6) is 0 Å². The Balaban J connectivity index is 1.59. The predicted octanol–water partition coefficient (Wildman–Crippen LogP) is 7.17. The summed E-state index contributed by atoms with van der Waals surface area (Å²) in [5.41, 5.74) is 2.70. The first-order valence-electron chi connectivity index (χ1n) is 10.8. The van der Waals surface area contributed by atoms with Crippen molar-refractivity contribution >= 4 is 0 Å². The summed E-state index contributed by atoms with van der Waals surface area (Å²) in [4.78, 5) is 0. The van der Waals surface area contributed by atoms with E-state index < -0.39 is 0 Å². The summed E-state index contributed by atoms with van der Waals surface area (Å²) in [5.74, 6) is 4.83. The molecule has 0 radical (unpaired) electrons. The quantitative estimate of drug-likeness (QED) is 0.482. The van der Waals surface area contributed by atoms with Crippen LogP contribution < -0.4 is 0 Å². The van der Waals surface area contributed by atoms with Gasteiger partial charge in [0.05, 0.1) is 0 Å². The highest BCUT2D eigenvalue weighted by Gasteiger charge is 2.59. The summed E-state index contributed by atoms with van der Waals surface area (Å²) < 4.78 is 0. The van der Waals surface area contributed by atoms with E-state index in [0.717, 1.165) is 36.0 Å². The number of fused-ring (bicyclic) bond motifs is 5. The molecule has 0 amide bonds. The van der Waals surface area contributed by atoms with Gasteiger partial charge in [0.25, 0.3) is 0 Å². The molecule has 0 aromatic heterocycles. The first-order valence-corrected chi connectivity index (χ1v) is 10.8. The van der Waals surface area contributed by atoms with E-state index >= 15 is 0 Å². The molecule has 1 unspecified atom stereocenters. The molecule has 0 aromatic carbocycles. The van der Waals surface area contributed by atoms with Crippen molar-refractivity contribution in [1.29, 1.82) is 0 Å². The Morgan fingerprint density at radius 1 is 0.917 bits per heavy atom. The van der Waals surface area contributed by atoms with Crippen molar-refractivity contribution in [3.05, 3.63) is 24.8 Å². The van der Waals surface area contributed by atoms with E-state index in [9.17, 15) is 0 Å². The third-order valence-corrected chi connectivity index (χ3v) is 9.48. The van der Waals surface area contributed by atoms with Gasteiger partial charge in [0.2, 0.25) is 0 Å². The Kier molecular flexibility index (Phi) is 4.25. The van der Waals surface area contributed by atoms with Gasteiger partial charge in [-0.05, 0) is 98.2 Å². The molecule has 0 heterocycles. The van der Waals surface area contributed by atoms with Crippen LogP contribution in [0.1, 0.15) is 84.5 Å². The summed E-state index contributed by atoms with van der Waals surface area (Å²) in [5, 5.41) is 0. The molecular weight excluding hydrogens is 288 g/mol. The van der Waals surface area contributed by atoms with Gasteiger partial charge in [-0.15, -0.1) is 6.58 Å². The lowest BCUT2D eigenvalue weighted by Crippen LogP contribution is -2.52. The van der Waals surface area contributed by atoms with E-state index in [4.69, 9.17) is 0 Å². The Labute approximate surface area is 150 Å². The van der Waals surface area contributed by atoms with Gasteiger partial charge in [-0.25, -0.2) is 0 Å². The summed E-state index contributed by atoms with van der Waals surface area (Å²) in [6.07, 6.45) is 18.0. The fraction of sp³-hybridized carbons (Fsp3) is 0.833. The zero-order valence-electron chi connectivity index (χ0n) is 16.2. The molecule has 4 fully saturated rings. The van der Waals surface area contributed by atoms with Crippen molar-refractivity contribution in [1.82, 2.24) is 0 Å². The molecular formula is C24H38. The molecule has 7 atom stereocenters. The van der Waals surface area contributed by atoms with Crippen molar-refractivity contribution < 1.29 is 0 Å².